The Morgan fingerprint density at radius 2 is 1.14 bits per heavy atom. The Balaban J connectivity index is 1.91. The van der Waals surface area contributed by atoms with Crippen molar-refractivity contribution < 1.29 is 8.78 Å². The number of nitrogens with zero attached hydrogens (tertiary/aromatic N) is 2. The summed E-state index contributed by atoms with van der Waals surface area (Å²) in [7, 11) is 0. The zero-order valence-corrected chi connectivity index (χ0v) is 16.6. The highest BCUT2D eigenvalue weighted by atomic mass is 32.2. The van der Waals surface area contributed by atoms with Gasteiger partial charge in [0, 0.05) is 9.79 Å². The minimum absolute atomic E-state index is 0.327. The van der Waals surface area contributed by atoms with Gasteiger partial charge in [-0.05, 0) is 60.4 Å². The number of hydrogen-bond donors (Lipinski definition) is 0. The van der Waals surface area contributed by atoms with Gasteiger partial charge in [-0.1, -0.05) is 12.1 Å². The molecule has 3 aliphatic rings. The van der Waals surface area contributed by atoms with Gasteiger partial charge < -0.3 is 0 Å². The number of hydrogen-bond acceptors (Lipinski definition) is 4. The van der Waals surface area contributed by atoms with E-state index >= 15 is 0 Å². The van der Waals surface area contributed by atoms with Crippen LogP contribution in [0.4, 0.5) is 8.78 Å². The molecule has 28 heavy (non-hydrogen) atoms. The number of fused-ring (bicyclic) bond motifs is 7. The highest BCUT2D eigenvalue weighted by molar-refractivity contribution is 8.06. The number of benzene rings is 2. The zero-order chi connectivity index (χ0) is 19.8. The van der Waals surface area contributed by atoms with Crippen LogP contribution in [-0.4, -0.2) is 9.49 Å². The van der Waals surface area contributed by atoms with Crippen molar-refractivity contribution in [3.05, 3.63) is 70.3 Å². The number of halogens is 2. The molecular weight excluding hydrogens is 394 g/mol. The molecule has 2 aromatic carbocycles. The molecule has 2 aliphatic heterocycles. The molecule has 2 nitrogen and oxygen atoms in total. The maximum absolute atomic E-state index is 13.9. The molecule has 0 unspecified atom stereocenters. The van der Waals surface area contributed by atoms with Crippen molar-refractivity contribution in [1.29, 1.82) is 10.5 Å². The lowest BCUT2D eigenvalue weighted by molar-refractivity contribution is 0.623. The lowest BCUT2D eigenvalue weighted by Crippen LogP contribution is -2.46. The van der Waals surface area contributed by atoms with Crippen molar-refractivity contribution in [2.75, 3.05) is 0 Å². The third kappa shape index (κ3) is 1.92. The Labute approximate surface area is 169 Å². The first-order valence-corrected chi connectivity index (χ1v) is 10.3. The van der Waals surface area contributed by atoms with Gasteiger partial charge in [-0.15, -0.1) is 23.5 Å². The van der Waals surface area contributed by atoms with Crippen molar-refractivity contribution in [3.8, 4) is 12.1 Å². The lowest BCUT2D eigenvalue weighted by Gasteiger charge is -2.45. The summed E-state index contributed by atoms with van der Waals surface area (Å²) in [4.78, 5) is 1.51. The minimum atomic E-state index is -0.607. The van der Waals surface area contributed by atoms with Crippen LogP contribution in [0.5, 0.6) is 0 Å². The summed E-state index contributed by atoms with van der Waals surface area (Å²) in [6.07, 6.45) is 0. The second kappa shape index (κ2) is 5.50. The van der Waals surface area contributed by atoms with Gasteiger partial charge in [0.05, 0.1) is 20.6 Å². The average molecular weight is 406 g/mol. The first kappa shape index (κ1) is 17.6. The number of thioether (sulfide) groups is 2. The second-order valence-corrected chi connectivity index (χ2v) is 10.2. The Kier molecular flexibility index (Phi) is 3.45. The van der Waals surface area contributed by atoms with E-state index in [1.807, 2.05) is 13.8 Å². The fourth-order valence-electron chi connectivity index (χ4n) is 4.52. The molecule has 0 amide bonds. The quantitative estimate of drug-likeness (QED) is 0.541. The van der Waals surface area contributed by atoms with E-state index < -0.39 is 9.49 Å². The van der Waals surface area contributed by atoms with Gasteiger partial charge in [0.1, 0.15) is 23.8 Å². The SMILES string of the molecule is C[C@@]12Sc3cc(F)ccc3C1=C(C#N)C(C#N)=C1c3ccc(F)cc3S[C@]12C. The standard InChI is InChI=1S/C22H12F2N2S2/c1-21-19(13-5-3-11(23)7-17(13)27-21)15(9-25)16(10-26)20-14-6-4-12(24)8-18(14)28-22(20,21)2/h3-8H,1-2H3/t21-,22-/m1/s1. The molecule has 2 atom stereocenters. The van der Waals surface area contributed by atoms with Crippen LogP contribution in [-0.2, 0) is 0 Å². The number of allylic oxidation sites excluding steroid dienone is 2. The monoisotopic (exact) mass is 406 g/mol. The van der Waals surface area contributed by atoms with Gasteiger partial charge in [-0.25, -0.2) is 8.78 Å². The van der Waals surface area contributed by atoms with Crippen LogP contribution in [0, 0.1) is 34.3 Å². The van der Waals surface area contributed by atoms with Crippen LogP contribution in [0.2, 0.25) is 0 Å². The summed E-state index contributed by atoms with van der Waals surface area (Å²) in [5, 5.41) is 20.0. The molecule has 0 saturated carbocycles. The van der Waals surface area contributed by atoms with E-state index in [1.54, 1.807) is 12.1 Å². The molecule has 0 radical (unpaired) electrons. The fraction of sp³-hybridized carbons (Fsp3) is 0.182. The number of nitriles is 2. The van der Waals surface area contributed by atoms with Crippen molar-refractivity contribution >= 4 is 34.7 Å². The highest BCUT2D eigenvalue weighted by Crippen LogP contribution is 2.72. The maximum atomic E-state index is 13.9. The molecule has 2 aromatic rings. The van der Waals surface area contributed by atoms with Gasteiger partial charge in [0.25, 0.3) is 0 Å². The summed E-state index contributed by atoms with van der Waals surface area (Å²) in [6.45, 7) is 4.07. The summed E-state index contributed by atoms with van der Waals surface area (Å²) >= 11 is 3.02. The summed E-state index contributed by atoms with van der Waals surface area (Å²) < 4.78 is 26.6. The van der Waals surface area contributed by atoms with Crippen molar-refractivity contribution in [3.63, 3.8) is 0 Å². The molecule has 0 N–H and O–H groups in total. The van der Waals surface area contributed by atoms with Crippen LogP contribution in [0.15, 0.2) is 57.3 Å². The predicted octanol–water partition coefficient (Wildman–Crippen LogP) is 5.96. The van der Waals surface area contributed by atoms with Crippen LogP contribution in [0.3, 0.4) is 0 Å². The molecule has 0 aromatic heterocycles. The van der Waals surface area contributed by atoms with Gasteiger partial charge in [-0.2, -0.15) is 10.5 Å². The van der Waals surface area contributed by atoms with Crippen LogP contribution < -0.4 is 0 Å². The molecule has 1 aliphatic carbocycles. The Morgan fingerprint density at radius 1 is 0.750 bits per heavy atom. The molecule has 0 saturated heterocycles. The molecular formula is C22H12F2N2S2. The van der Waals surface area contributed by atoms with E-state index in [9.17, 15) is 19.3 Å². The van der Waals surface area contributed by atoms with Crippen molar-refractivity contribution in [2.45, 2.75) is 33.1 Å². The zero-order valence-electron chi connectivity index (χ0n) is 14.9. The third-order valence-electron chi connectivity index (χ3n) is 5.89. The first-order valence-electron chi connectivity index (χ1n) is 8.62. The molecule has 0 bridgehead atoms. The highest BCUT2D eigenvalue weighted by Gasteiger charge is 2.62. The van der Waals surface area contributed by atoms with E-state index in [4.69, 9.17) is 0 Å². The molecule has 5 rings (SSSR count). The topological polar surface area (TPSA) is 47.6 Å². The van der Waals surface area contributed by atoms with E-state index in [0.717, 1.165) is 32.1 Å². The van der Waals surface area contributed by atoms with Crippen LogP contribution >= 0.6 is 23.5 Å². The second-order valence-electron chi connectivity index (χ2n) is 7.28. The molecule has 6 heteroatoms. The number of rotatable bonds is 0. The van der Waals surface area contributed by atoms with Crippen LogP contribution in [0.25, 0.3) is 11.1 Å². The van der Waals surface area contributed by atoms with Gasteiger partial charge in [0.15, 0.2) is 0 Å². The molecule has 0 fully saturated rings. The molecule has 0 spiro atoms. The van der Waals surface area contributed by atoms with E-state index in [0.29, 0.717) is 11.1 Å². The summed E-state index contributed by atoms with van der Waals surface area (Å²) in [5.41, 5.74) is 3.76. The van der Waals surface area contributed by atoms with Crippen molar-refractivity contribution in [2.24, 2.45) is 0 Å². The van der Waals surface area contributed by atoms with E-state index in [1.165, 1.54) is 47.8 Å². The van der Waals surface area contributed by atoms with E-state index in [-0.39, 0.29) is 11.6 Å². The average Bonchev–Trinajstić information content (AvgIpc) is 3.12. The third-order valence-corrected chi connectivity index (χ3v) is 9.18. The lowest BCUT2D eigenvalue weighted by atomic mass is 9.69. The van der Waals surface area contributed by atoms with Crippen molar-refractivity contribution in [1.82, 2.24) is 0 Å². The summed E-state index contributed by atoms with van der Waals surface area (Å²) in [5.74, 6) is -0.674. The largest absolute Gasteiger partial charge is 0.207 e. The minimum Gasteiger partial charge on any atom is -0.207 e. The van der Waals surface area contributed by atoms with E-state index in [2.05, 4.69) is 12.1 Å². The first-order chi connectivity index (χ1) is 13.3. The summed E-state index contributed by atoms with van der Waals surface area (Å²) in [6, 6.07) is 13.6. The Morgan fingerprint density at radius 3 is 1.50 bits per heavy atom. The molecule has 136 valence electrons. The van der Waals surface area contributed by atoms with Gasteiger partial charge in [-0.3, -0.25) is 0 Å². The molecule has 2 heterocycles. The fourth-order valence-corrected chi connectivity index (χ4v) is 7.78. The smallest absolute Gasteiger partial charge is 0.124 e. The maximum Gasteiger partial charge on any atom is 0.124 e. The normalized spacial score (nSPS) is 26.9. The Hall–Kier alpha value is -2.54. The Bertz CT molecular complexity index is 1150. The van der Waals surface area contributed by atoms with Gasteiger partial charge in [0.2, 0.25) is 0 Å². The predicted molar refractivity (Wildman–Crippen MR) is 106 cm³/mol. The van der Waals surface area contributed by atoms with Gasteiger partial charge >= 0.3 is 0 Å². The van der Waals surface area contributed by atoms with Crippen LogP contribution in [0.1, 0.15) is 25.0 Å².